The lowest BCUT2D eigenvalue weighted by atomic mass is 9.91. The lowest BCUT2D eigenvalue weighted by molar-refractivity contribution is -0.173. The Morgan fingerprint density at radius 3 is 2.36 bits per heavy atom. The normalized spacial score (nSPS) is 34.0. The van der Waals surface area contributed by atoms with Crippen molar-refractivity contribution >= 4 is 17.8 Å². The summed E-state index contributed by atoms with van der Waals surface area (Å²) in [5.74, 6) is -0.328. The van der Waals surface area contributed by atoms with Crippen LogP contribution in [0.3, 0.4) is 0 Å². The van der Waals surface area contributed by atoms with E-state index in [4.69, 9.17) is 9.47 Å². The van der Waals surface area contributed by atoms with Crippen molar-refractivity contribution < 1.29 is 23.9 Å². The molecule has 1 saturated heterocycles. The predicted octanol–water partition coefficient (Wildman–Crippen LogP) is 3.82. The third-order valence-electron chi connectivity index (χ3n) is 4.95. The van der Waals surface area contributed by atoms with Crippen molar-refractivity contribution in [3.63, 3.8) is 0 Å². The number of esters is 1. The fraction of sp³-hybridized carbons (Fsp3) is 0.842. The molecule has 0 radical (unpaired) electrons. The number of ether oxygens (including phenoxy) is 2. The lowest BCUT2D eigenvalue weighted by Gasteiger charge is -2.24. The van der Waals surface area contributed by atoms with Crippen molar-refractivity contribution in [1.29, 1.82) is 0 Å². The molecule has 0 spiro atoms. The number of ketones is 1. The van der Waals surface area contributed by atoms with Crippen LogP contribution >= 0.6 is 0 Å². The van der Waals surface area contributed by atoms with E-state index in [2.05, 4.69) is 12.2 Å². The van der Waals surface area contributed by atoms with Gasteiger partial charge >= 0.3 is 12.1 Å². The van der Waals surface area contributed by atoms with E-state index in [9.17, 15) is 14.4 Å². The van der Waals surface area contributed by atoms with Crippen LogP contribution in [0.5, 0.6) is 0 Å². The Morgan fingerprint density at radius 2 is 1.72 bits per heavy atom. The van der Waals surface area contributed by atoms with Gasteiger partial charge in [-0.25, -0.2) is 4.79 Å². The molecule has 6 heteroatoms. The van der Waals surface area contributed by atoms with E-state index < -0.39 is 12.4 Å². The minimum absolute atomic E-state index is 0.152. The number of hydrogen-bond donors (Lipinski definition) is 1. The van der Waals surface area contributed by atoms with Crippen molar-refractivity contribution in [2.75, 3.05) is 0 Å². The first-order valence-electron chi connectivity index (χ1n) is 9.44. The highest BCUT2D eigenvalue weighted by Gasteiger charge is 2.26. The van der Waals surface area contributed by atoms with Crippen LogP contribution < -0.4 is 5.32 Å². The Bertz CT molecular complexity index is 465. The molecule has 144 valence electrons. The van der Waals surface area contributed by atoms with Gasteiger partial charge in [-0.3, -0.25) is 9.59 Å². The molecule has 6 nitrogen and oxygen atoms in total. The van der Waals surface area contributed by atoms with E-state index in [1.54, 1.807) is 13.8 Å². The summed E-state index contributed by atoms with van der Waals surface area (Å²) in [6.07, 6.45) is 2.83. The average Bonchev–Trinajstić information content (AvgIpc) is 2.55. The maximum absolute atomic E-state index is 12.3. The zero-order valence-electron chi connectivity index (χ0n) is 16.2. The number of amides is 1. The largest absolute Gasteiger partial charge is 0.425 e. The van der Waals surface area contributed by atoms with Crippen molar-refractivity contribution in [3.05, 3.63) is 0 Å². The second-order valence-corrected chi connectivity index (χ2v) is 7.36. The number of carbonyl (C=O) groups is 3. The van der Waals surface area contributed by atoms with Gasteiger partial charge in [-0.15, -0.1) is 0 Å². The second kappa shape index (κ2) is 10.4. The third kappa shape index (κ3) is 7.45. The molecule has 0 aromatic carbocycles. The van der Waals surface area contributed by atoms with Crippen molar-refractivity contribution in [1.82, 2.24) is 5.32 Å². The van der Waals surface area contributed by atoms with Gasteiger partial charge in [-0.2, -0.15) is 0 Å². The smallest absolute Gasteiger partial charge is 0.410 e. The van der Waals surface area contributed by atoms with Crippen LogP contribution in [-0.4, -0.2) is 30.2 Å². The minimum Gasteiger partial charge on any atom is -0.425 e. The lowest BCUT2D eigenvalue weighted by Crippen LogP contribution is -2.42. The molecule has 1 amide bonds. The van der Waals surface area contributed by atoms with Gasteiger partial charge in [0.25, 0.3) is 0 Å². The minimum atomic E-state index is -0.906. The number of alkyl carbamates (subject to hydrolysis) is 1. The summed E-state index contributed by atoms with van der Waals surface area (Å²) in [6.45, 7) is 9.33. The highest BCUT2D eigenvalue weighted by Crippen LogP contribution is 2.21. The molecule has 5 atom stereocenters. The Morgan fingerprint density at radius 1 is 1.04 bits per heavy atom. The summed E-state index contributed by atoms with van der Waals surface area (Å²) in [4.78, 5) is 36.5. The van der Waals surface area contributed by atoms with Crippen LogP contribution in [0, 0.1) is 17.8 Å². The summed E-state index contributed by atoms with van der Waals surface area (Å²) >= 11 is 0. The van der Waals surface area contributed by atoms with E-state index in [-0.39, 0.29) is 29.6 Å². The SMILES string of the molecule is CC[C@@H]1OC(=O)N[C@@H](C)C(C)C(=O)CCCCC(C)CC(C)C(=O)O1. The highest BCUT2D eigenvalue weighted by molar-refractivity contribution is 5.82. The fourth-order valence-corrected chi connectivity index (χ4v) is 3.02. The van der Waals surface area contributed by atoms with E-state index in [1.165, 1.54) is 0 Å². The molecule has 25 heavy (non-hydrogen) atoms. The molecule has 1 heterocycles. The number of nitrogens with one attached hydrogen (secondary N) is 1. The molecule has 1 fully saturated rings. The molecule has 1 aliphatic rings. The second-order valence-electron chi connectivity index (χ2n) is 7.36. The van der Waals surface area contributed by atoms with Crippen molar-refractivity contribution in [2.45, 2.75) is 85.5 Å². The third-order valence-corrected chi connectivity index (χ3v) is 4.95. The van der Waals surface area contributed by atoms with Crippen LogP contribution in [0.25, 0.3) is 0 Å². The summed E-state index contributed by atoms with van der Waals surface area (Å²) in [5.41, 5.74) is 0. The maximum atomic E-state index is 12.3. The molecule has 0 bridgehead atoms. The molecule has 1 aliphatic heterocycles. The molecular formula is C19H33NO5. The number of cyclic esters (lactones) is 2. The summed E-state index contributed by atoms with van der Waals surface area (Å²) in [6, 6.07) is -0.334. The summed E-state index contributed by atoms with van der Waals surface area (Å²) in [5, 5.41) is 2.67. The van der Waals surface area contributed by atoms with E-state index in [0.717, 1.165) is 25.7 Å². The average molecular weight is 355 g/mol. The maximum Gasteiger partial charge on any atom is 0.410 e. The molecule has 1 N–H and O–H groups in total. The number of carbonyl (C=O) groups excluding carboxylic acids is 3. The monoisotopic (exact) mass is 355 g/mol. The van der Waals surface area contributed by atoms with Crippen molar-refractivity contribution in [3.8, 4) is 0 Å². The van der Waals surface area contributed by atoms with Crippen LogP contribution in [0.15, 0.2) is 0 Å². The Kier molecular flexibility index (Phi) is 8.93. The molecule has 0 saturated carbocycles. The molecular weight excluding hydrogens is 322 g/mol. The number of hydrogen-bond acceptors (Lipinski definition) is 5. The Hall–Kier alpha value is -1.59. The topological polar surface area (TPSA) is 81.7 Å². The van der Waals surface area contributed by atoms with Gasteiger partial charge in [-0.05, 0) is 25.7 Å². The Balaban J connectivity index is 2.81. The first-order chi connectivity index (χ1) is 11.7. The zero-order chi connectivity index (χ0) is 19.0. The first kappa shape index (κ1) is 21.5. The van der Waals surface area contributed by atoms with E-state index in [1.807, 2.05) is 13.8 Å². The zero-order valence-corrected chi connectivity index (χ0v) is 16.2. The number of rotatable bonds is 1. The predicted molar refractivity (Wildman–Crippen MR) is 94.8 cm³/mol. The van der Waals surface area contributed by atoms with Crippen LogP contribution in [0.1, 0.15) is 73.1 Å². The first-order valence-corrected chi connectivity index (χ1v) is 9.44. The molecule has 0 aromatic heterocycles. The molecule has 0 aliphatic carbocycles. The van der Waals surface area contributed by atoms with Crippen LogP contribution in [0.4, 0.5) is 4.79 Å². The number of Topliss-reactive ketones (excluding diaryl/α,β-unsaturated/α-hetero) is 1. The van der Waals surface area contributed by atoms with E-state index >= 15 is 0 Å². The van der Waals surface area contributed by atoms with Gasteiger partial charge < -0.3 is 14.8 Å². The quantitative estimate of drug-likeness (QED) is 0.723. The van der Waals surface area contributed by atoms with Crippen LogP contribution in [0.2, 0.25) is 0 Å². The van der Waals surface area contributed by atoms with Gasteiger partial charge in [0.1, 0.15) is 5.78 Å². The van der Waals surface area contributed by atoms with Gasteiger partial charge in [0.2, 0.25) is 6.29 Å². The van der Waals surface area contributed by atoms with Crippen LogP contribution in [-0.2, 0) is 19.1 Å². The van der Waals surface area contributed by atoms with Gasteiger partial charge in [0.05, 0.1) is 5.92 Å². The highest BCUT2D eigenvalue weighted by atomic mass is 16.7. The molecule has 0 aromatic rings. The van der Waals surface area contributed by atoms with Crippen molar-refractivity contribution in [2.24, 2.45) is 17.8 Å². The Labute approximate surface area is 151 Å². The van der Waals surface area contributed by atoms with E-state index in [0.29, 0.717) is 18.8 Å². The molecule has 1 rings (SSSR count). The van der Waals surface area contributed by atoms with Gasteiger partial charge in [0, 0.05) is 24.8 Å². The molecule has 3 unspecified atom stereocenters. The summed E-state index contributed by atoms with van der Waals surface area (Å²) < 4.78 is 10.5. The van der Waals surface area contributed by atoms with Gasteiger partial charge in [0.15, 0.2) is 0 Å². The fourth-order valence-electron chi connectivity index (χ4n) is 3.02. The standard InChI is InChI=1S/C19H33NO5/c1-6-17-24-18(22)13(3)11-12(2)9-7-8-10-16(21)14(4)15(5)20-19(23)25-17/h12-15,17H,6-11H2,1-5H3,(H,20,23)/t12?,13?,14?,15-,17-/m0/s1. The van der Waals surface area contributed by atoms with Gasteiger partial charge in [-0.1, -0.05) is 40.5 Å². The summed E-state index contributed by atoms with van der Waals surface area (Å²) in [7, 11) is 0.